The van der Waals surface area contributed by atoms with Gasteiger partial charge in [-0.05, 0) is 86.2 Å². The van der Waals surface area contributed by atoms with Crippen molar-refractivity contribution in [3.8, 4) is 28.7 Å². The number of carbonyl (C=O) groups excluding carboxylic acids is 5. The summed E-state index contributed by atoms with van der Waals surface area (Å²) < 4.78 is 27.0. The molecular formula is C40H46N2O12. The van der Waals surface area contributed by atoms with Crippen LogP contribution in [0.4, 0.5) is 5.69 Å². The molecule has 288 valence electrons. The second-order valence-corrected chi connectivity index (χ2v) is 12.7. The zero-order valence-corrected chi connectivity index (χ0v) is 31.0. The summed E-state index contributed by atoms with van der Waals surface area (Å²) in [5, 5.41) is 28.6. The Labute approximate surface area is 313 Å². The molecule has 4 rings (SSSR count). The molecule has 1 aliphatic heterocycles. The molecular weight excluding hydrogens is 700 g/mol. The van der Waals surface area contributed by atoms with E-state index in [1.807, 2.05) is 0 Å². The number of esters is 2. The number of fused-ring (bicyclic) bond motifs is 1. The van der Waals surface area contributed by atoms with Crippen molar-refractivity contribution in [2.24, 2.45) is 0 Å². The fourth-order valence-corrected chi connectivity index (χ4v) is 6.16. The zero-order valence-electron chi connectivity index (χ0n) is 31.0. The van der Waals surface area contributed by atoms with E-state index < -0.39 is 60.2 Å². The number of allylic oxidation sites excluding steroid dienone is 1. The lowest BCUT2D eigenvalue weighted by Crippen LogP contribution is -2.33. The molecule has 0 saturated carbocycles. The van der Waals surface area contributed by atoms with Gasteiger partial charge in [-0.3, -0.25) is 14.4 Å². The average Bonchev–Trinajstić information content (AvgIpc) is 3.15. The van der Waals surface area contributed by atoms with Crippen molar-refractivity contribution in [1.82, 2.24) is 5.32 Å². The highest BCUT2D eigenvalue weighted by Crippen LogP contribution is 2.47. The van der Waals surface area contributed by atoms with Gasteiger partial charge in [0, 0.05) is 36.4 Å². The lowest BCUT2D eigenvalue weighted by Gasteiger charge is -2.24. The van der Waals surface area contributed by atoms with Crippen LogP contribution in [0, 0.1) is 0 Å². The molecule has 1 aliphatic rings. The number of amides is 2. The molecule has 4 N–H and O–H groups in total. The molecule has 0 aromatic heterocycles. The summed E-state index contributed by atoms with van der Waals surface area (Å²) in [6.45, 7) is 1.25. The van der Waals surface area contributed by atoms with Crippen LogP contribution < -0.4 is 24.8 Å². The van der Waals surface area contributed by atoms with Crippen LogP contribution >= 0.6 is 0 Å². The molecule has 14 heteroatoms. The molecule has 2 atom stereocenters. The minimum Gasteiger partial charge on any atom is -0.507 e. The Morgan fingerprint density at radius 3 is 2.20 bits per heavy atom. The average molecular weight is 747 g/mol. The van der Waals surface area contributed by atoms with Crippen molar-refractivity contribution in [2.75, 3.05) is 40.3 Å². The molecule has 1 unspecified atom stereocenters. The van der Waals surface area contributed by atoms with Crippen molar-refractivity contribution in [3.05, 3.63) is 76.4 Å². The molecule has 0 bridgehead atoms. The van der Waals surface area contributed by atoms with Crippen molar-refractivity contribution < 1.29 is 57.9 Å². The van der Waals surface area contributed by atoms with Crippen molar-refractivity contribution in [3.63, 3.8) is 0 Å². The Morgan fingerprint density at radius 2 is 1.57 bits per heavy atom. The predicted octanol–water partition coefficient (Wildman–Crippen LogP) is 5.67. The first kappa shape index (κ1) is 40.7. The summed E-state index contributed by atoms with van der Waals surface area (Å²) in [5.41, 5.74) is 0.816. The van der Waals surface area contributed by atoms with E-state index in [0.29, 0.717) is 55.3 Å². The molecule has 3 aromatic rings. The van der Waals surface area contributed by atoms with Crippen LogP contribution in [-0.4, -0.2) is 80.8 Å². The minimum atomic E-state index is -1.13. The van der Waals surface area contributed by atoms with Gasteiger partial charge in [-0.15, -0.1) is 0 Å². The van der Waals surface area contributed by atoms with Crippen LogP contribution in [0.3, 0.4) is 0 Å². The SMILES string of the molecule is COC(=O)c1ccc(NC(=O)CNC(=O)CC(c2cc(OC)c(OC)c(OC)c2)c2c(O)cc3c(c2O)C(=O)O[C@@H](C)CCCC(=O)CCCC=C3)cc1. The highest BCUT2D eigenvalue weighted by molar-refractivity contribution is 5.98. The fourth-order valence-electron chi connectivity index (χ4n) is 6.16. The number of cyclic esters (lactones) is 1. The zero-order chi connectivity index (χ0) is 39.4. The van der Waals surface area contributed by atoms with Crippen LogP contribution in [0.2, 0.25) is 0 Å². The first-order chi connectivity index (χ1) is 25.9. The highest BCUT2D eigenvalue weighted by Gasteiger charge is 2.32. The lowest BCUT2D eigenvalue weighted by molar-refractivity contribution is -0.124. The van der Waals surface area contributed by atoms with E-state index in [2.05, 4.69) is 15.4 Å². The van der Waals surface area contributed by atoms with Gasteiger partial charge in [0.1, 0.15) is 22.8 Å². The summed E-state index contributed by atoms with van der Waals surface area (Å²) in [5.74, 6) is -3.92. The smallest absolute Gasteiger partial charge is 0.342 e. The predicted molar refractivity (Wildman–Crippen MR) is 198 cm³/mol. The number of aromatic hydroxyl groups is 2. The number of phenols is 2. The van der Waals surface area contributed by atoms with Gasteiger partial charge in [-0.1, -0.05) is 12.2 Å². The number of Topliss-reactive ketones (excluding diaryl/α,β-unsaturated/α-hetero) is 1. The number of rotatable bonds is 11. The molecule has 0 fully saturated rings. The summed E-state index contributed by atoms with van der Waals surface area (Å²) in [6.07, 6.45) is 5.15. The van der Waals surface area contributed by atoms with Crippen LogP contribution in [0.5, 0.6) is 28.7 Å². The van der Waals surface area contributed by atoms with Gasteiger partial charge in [0.2, 0.25) is 17.6 Å². The maximum absolute atomic E-state index is 13.7. The topological polar surface area (TPSA) is 196 Å². The first-order valence-corrected chi connectivity index (χ1v) is 17.4. The maximum Gasteiger partial charge on any atom is 0.342 e. The molecule has 0 saturated heterocycles. The Hall–Kier alpha value is -6.05. The Kier molecular flexibility index (Phi) is 14.4. The largest absolute Gasteiger partial charge is 0.507 e. The number of phenolic OH excluding ortho intramolecular Hbond substituents is 2. The third-order valence-electron chi connectivity index (χ3n) is 8.91. The quantitative estimate of drug-likeness (QED) is 0.176. The number of methoxy groups -OCH3 is 4. The number of hydrogen-bond donors (Lipinski definition) is 4. The summed E-state index contributed by atoms with van der Waals surface area (Å²) in [6, 6.07) is 10.4. The lowest BCUT2D eigenvalue weighted by atomic mass is 9.84. The van der Waals surface area contributed by atoms with Crippen molar-refractivity contribution in [1.29, 1.82) is 0 Å². The molecule has 54 heavy (non-hydrogen) atoms. The number of carbonyl (C=O) groups is 5. The molecule has 0 spiro atoms. The van der Waals surface area contributed by atoms with Gasteiger partial charge in [-0.25, -0.2) is 9.59 Å². The van der Waals surface area contributed by atoms with Crippen molar-refractivity contribution >= 4 is 41.3 Å². The van der Waals surface area contributed by atoms with Crippen molar-refractivity contribution in [2.45, 2.75) is 63.9 Å². The Morgan fingerprint density at radius 1 is 0.907 bits per heavy atom. The number of anilines is 1. The van der Waals surface area contributed by atoms with Gasteiger partial charge in [0.15, 0.2) is 11.5 Å². The molecule has 14 nitrogen and oxygen atoms in total. The number of ether oxygens (including phenoxy) is 5. The van der Waals surface area contributed by atoms with E-state index in [0.717, 1.165) is 0 Å². The maximum atomic E-state index is 13.7. The van der Waals surface area contributed by atoms with Gasteiger partial charge in [-0.2, -0.15) is 0 Å². The summed E-state index contributed by atoms with van der Waals surface area (Å²) in [4.78, 5) is 64.0. The normalized spacial score (nSPS) is 15.5. The fraction of sp³-hybridized carbons (Fsp3) is 0.375. The molecule has 2 amide bonds. The number of ketones is 1. The van der Waals surface area contributed by atoms with E-state index in [9.17, 15) is 34.2 Å². The van der Waals surface area contributed by atoms with Crippen LogP contribution in [0.15, 0.2) is 48.5 Å². The van der Waals surface area contributed by atoms with E-state index in [1.54, 1.807) is 31.2 Å². The monoisotopic (exact) mass is 746 g/mol. The summed E-state index contributed by atoms with van der Waals surface area (Å²) in [7, 11) is 5.50. The second-order valence-electron chi connectivity index (χ2n) is 12.7. The van der Waals surface area contributed by atoms with Crippen LogP contribution in [0.1, 0.15) is 95.2 Å². The number of hydrogen-bond acceptors (Lipinski definition) is 12. The Balaban J connectivity index is 1.73. The highest BCUT2D eigenvalue weighted by atomic mass is 16.5. The van der Waals surface area contributed by atoms with Gasteiger partial charge in [0.05, 0.1) is 46.7 Å². The number of benzene rings is 3. The molecule has 0 radical (unpaired) electrons. The van der Waals surface area contributed by atoms with E-state index in [4.69, 9.17) is 18.9 Å². The second kappa shape index (κ2) is 19.1. The van der Waals surface area contributed by atoms with E-state index >= 15 is 0 Å². The van der Waals surface area contributed by atoms with Crippen LogP contribution in [0.25, 0.3) is 6.08 Å². The van der Waals surface area contributed by atoms with Crippen LogP contribution in [-0.2, 0) is 23.9 Å². The standard InChI is InChI=1S/C40H46N2O12/c1-23-10-9-13-28(43)12-8-6-7-11-25-18-30(44)36(37(47)35(25)40(49)54-23)29(26-19-31(50-2)38(52-4)32(20-26)51-3)21-33(45)41-22-34(46)42-27-16-14-24(15-17-27)39(48)53-5/h7,11,14-20,23,29,44,47H,6,8-10,12-13,21-22H2,1-5H3,(H,41,45)(H,42,46)/t23-,29?/m0/s1. The third-order valence-corrected chi connectivity index (χ3v) is 8.91. The van der Waals surface area contributed by atoms with E-state index in [1.165, 1.54) is 58.8 Å². The molecule has 1 heterocycles. The third kappa shape index (κ3) is 10.3. The minimum absolute atomic E-state index is 0.133. The molecule has 3 aromatic carbocycles. The summed E-state index contributed by atoms with van der Waals surface area (Å²) >= 11 is 0. The van der Waals surface area contributed by atoms with Gasteiger partial charge >= 0.3 is 11.9 Å². The van der Waals surface area contributed by atoms with Gasteiger partial charge < -0.3 is 44.5 Å². The number of nitrogens with one attached hydrogen (secondary N) is 2. The Bertz CT molecular complexity index is 1860. The molecule has 0 aliphatic carbocycles. The van der Waals surface area contributed by atoms with E-state index in [-0.39, 0.29) is 39.7 Å². The van der Waals surface area contributed by atoms with Gasteiger partial charge in [0.25, 0.3) is 0 Å². The first-order valence-electron chi connectivity index (χ1n) is 17.4.